The van der Waals surface area contributed by atoms with Crippen molar-refractivity contribution in [1.29, 1.82) is 0 Å². The number of anilines is 1. The zero-order valence-corrected chi connectivity index (χ0v) is 14.3. The Balaban J connectivity index is 1.53. The Hall–Kier alpha value is -3.69. The van der Waals surface area contributed by atoms with Crippen LogP contribution in [0.3, 0.4) is 0 Å². The molecule has 0 atom stereocenters. The van der Waals surface area contributed by atoms with Crippen molar-refractivity contribution in [1.82, 2.24) is 24.8 Å². The molecule has 0 spiro atoms. The summed E-state index contributed by atoms with van der Waals surface area (Å²) >= 11 is 0. The lowest BCUT2D eigenvalue weighted by Gasteiger charge is -2.08. The quantitative estimate of drug-likeness (QED) is 0.546. The first-order chi connectivity index (χ1) is 13.6. The fraction of sp³-hybridized carbons (Fsp3) is 0.111. The maximum Gasteiger partial charge on any atom is 0.387 e. The maximum absolute atomic E-state index is 14.1. The number of nitrogens with zero attached hydrogens (tertiary/aromatic N) is 5. The van der Waals surface area contributed by atoms with E-state index < -0.39 is 12.4 Å². The smallest absolute Gasteiger partial charge is 0.387 e. The highest BCUT2D eigenvalue weighted by atomic mass is 19.3. The zero-order chi connectivity index (χ0) is 19.5. The summed E-state index contributed by atoms with van der Waals surface area (Å²) in [5, 5.41) is 15.5. The van der Waals surface area contributed by atoms with Crippen LogP contribution in [0.25, 0.3) is 17.0 Å². The number of nitrogens with one attached hydrogen (secondary N) is 1. The molecular weight excluding hydrogens is 373 g/mol. The number of ether oxygens (including phenoxy) is 1. The molecule has 0 radical (unpaired) electrons. The fourth-order valence-electron chi connectivity index (χ4n) is 2.56. The molecule has 0 fully saturated rings. The second-order valence-corrected chi connectivity index (χ2v) is 5.71. The van der Waals surface area contributed by atoms with E-state index in [-0.39, 0.29) is 17.1 Å². The first kappa shape index (κ1) is 17.7. The van der Waals surface area contributed by atoms with Gasteiger partial charge < -0.3 is 10.1 Å². The van der Waals surface area contributed by atoms with E-state index in [4.69, 9.17) is 0 Å². The summed E-state index contributed by atoms with van der Waals surface area (Å²) in [5.41, 5.74) is 1.35. The van der Waals surface area contributed by atoms with Gasteiger partial charge in [0, 0.05) is 0 Å². The first-order valence-corrected chi connectivity index (χ1v) is 8.21. The topological polar surface area (TPSA) is 77.2 Å². The highest BCUT2D eigenvalue weighted by Crippen LogP contribution is 2.21. The lowest BCUT2D eigenvalue weighted by atomic mass is 10.2. The minimum absolute atomic E-state index is 0.0164. The molecule has 0 aliphatic rings. The van der Waals surface area contributed by atoms with Crippen LogP contribution in [0.4, 0.5) is 19.0 Å². The van der Waals surface area contributed by atoms with Crippen LogP contribution < -0.4 is 10.1 Å². The van der Waals surface area contributed by atoms with Gasteiger partial charge in [-0.3, -0.25) is 4.98 Å². The Morgan fingerprint density at radius 2 is 1.89 bits per heavy atom. The lowest BCUT2D eigenvalue weighted by molar-refractivity contribution is -0.0500. The Bertz CT molecular complexity index is 1100. The van der Waals surface area contributed by atoms with Crippen LogP contribution in [0, 0.1) is 5.82 Å². The number of rotatable bonds is 6. The van der Waals surface area contributed by atoms with E-state index in [1.807, 2.05) is 0 Å². The normalized spacial score (nSPS) is 11.1. The van der Waals surface area contributed by atoms with Crippen LogP contribution in [0.1, 0.15) is 5.69 Å². The number of hydrogen-bond donors (Lipinski definition) is 1. The van der Waals surface area contributed by atoms with Crippen molar-refractivity contribution in [2.45, 2.75) is 13.2 Å². The number of alkyl halides is 2. The van der Waals surface area contributed by atoms with Gasteiger partial charge >= 0.3 is 6.61 Å². The molecule has 0 aliphatic carbocycles. The molecule has 1 N–H and O–H groups in total. The fourth-order valence-corrected chi connectivity index (χ4v) is 2.56. The average molecular weight is 386 g/mol. The molecule has 7 nitrogen and oxygen atoms in total. The molecule has 10 heteroatoms. The molecule has 0 bridgehead atoms. The van der Waals surface area contributed by atoms with Crippen molar-refractivity contribution in [2.24, 2.45) is 0 Å². The van der Waals surface area contributed by atoms with E-state index in [9.17, 15) is 13.2 Å². The highest BCUT2D eigenvalue weighted by Gasteiger charge is 2.13. The van der Waals surface area contributed by atoms with E-state index in [2.05, 4.69) is 30.3 Å². The van der Waals surface area contributed by atoms with Crippen LogP contribution in [0.2, 0.25) is 0 Å². The van der Waals surface area contributed by atoms with Gasteiger partial charge in [0.2, 0.25) is 0 Å². The molecule has 0 saturated heterocycles. The van der Waals surface area contributed by atoms with E-state index in [1.54, 1.807) is 36.4 Å². The SMILES string of the molecule is Fc1ccccc1-c1nnc2ccc(NCc3ccc(OC(F)F)cn3)nn12. The Morgan fingerprint density at radius 1 is 1.04 bits per heavy atom. The molecule has 4 rings (SSSR count). The van der Waals surface area contributed by atoms with Crippen molar-refractivity contribution < 1.29 is 17.9 Å². The van der Waals surface area contributed by atoms with E-state index in [1.165, 1.54) is 22.8 Å². The predicted molar refractivity (Wildman–Crippen MR) is 94.4 cm³/mol. The monoisotopic (exact) mass is 386 g/mol. The molecule has 28 heavy (non-hydrogen) atoms. The van der Waals surface area contributed by atoms with Crippen LogP contribution >= 0.6 is 0 Å². The van der Waals surface area contributed by atoms with Crippen LogP contribution in [-0.2, 0) is 6.54 Å². The predicted octanol–water partition coefficient (Wildman–Crippen LogP) is 3.54. The summed E-state index contributed by atoms with van der Waals surface area (Å²) < 4.78 is 44.1. The second kappa shape index (κ2) is 7.51. The van der Waals surface area contributed by atoms with E-state index >= 15 is 0 Å². The van der Waals surface area contributed by atoms with Gasteiger partial charge in [0.25, 0.3) is 0 Å². The van der Waals surface area contributed by atoms with Gasteiger partial charge in [-0.1, -0.05) is 12.1 Å². The van der Waals surface area contributed by atoms with Crippen LogP contribution in [-0.4, -0.2) is 31.4 Å². The summed E-state index contributed by atoms with van der Waals surface area (Å²) in [6.07, 6.45) is 1.22. The minimum atomic E-state index is -2.89. The van der Waals surface area contributed by atoms with Gasteiger partial charge in [-0.05, 0) is 36.4 Å². The lowest BCUT2D eigenvalue weighted by Crippen LogP contribution is -2.07. The standard InChI is InChI=1S/C18H13F3N6O/c19-14-4-2-1-3-13(14)17-25-24-16-8-7-15(26-27(16)17)23-9-11-5-6-12(10-22-11)28-18(20)21/h1-8,10,18H,9H2,(H,23,26). The third-order valence-electron chi connectivity index (χ3n) is 3.85. The molecule has 0 amide bonds. The van der Waals surface area contributed by atoms with Crippen molar-refractivity contribution in [3.8, 4) is 17.1 Å². The third kappa shape index (κ3) is 3.70. The van der Waals surface area contributed by atoms with Crippen molar-refractivity contribution in [3.05, 3.63) is 66.2 Å². The zero-order valence-electron chi connectivity index (χ0n) is 14.3. The summed E-state index contributed by atoms with van der Waals surface area (Å²) in [4.78, 5) is 4.05. The average Bonchev–Trinajstić information content (AvgIpc) is 3.10. The Morgan fingerprint density at radius 3 is 2.64 bits per heavy atom. The highest BCUT2D eigenvalue weighted by molar-refractivity contribution is 5.60. The van der Waals surface area contributed by atoms with Crippen LogP contribution in [0.15, 0.2) is 54.7 Å². The van der Waals surface area contributed by atoms with Crippen molar-refractivity contribution in [2.75, 3.05) is 5.32 Å². The van der Waals surface area contributed by atoms with Crippen LogP contribution in [0.5, 0.6) is 5.75 Å². The summed E-state index contributed by atoms with van der Waals surface area (Å²) in [6.45, 7) is -2.60. The van der Waals surface area contributed by atoms with E-state index in [0.717, 1.165) is 0 Å². The minimum Gasteiger partial charge on any atom is -0.433 e. The second-order valence-electron chi connectivity index (χ2n) is 5.71. The molecule has 0 saturated carbocycles. The number of aromatic nitrogens is 5. The molecule has 4 aromatic rings. The molecule has 3 heterocycles. The first-order valence-electron chi connectivity index (χ1n) is 8.21. The number of benzene rings is 1. The Labute approximate surface area is 156 Å². The summed E-state index contributed by atoms with van der Waals surface area (Å²) in [7, 11) is 0. The number of fused-ring (bicyclic) bond motifs is 1. The van der Waals surface area contributed by atoms with Gasteiger partial charge in [-0.15, -0.1) is 15.3 Å². The van der Waals surface area contributed by atoms with Gasteiger partial charge in [-0.25, -0.2) is 4.39 Å². The summed E-state index contributed by atoms with van der Waals surface area (Å²) in [6, 6.07) is 12.6. The number of hydrogen-bond acceptors (Lipinski definition) is 6. The third-order valence-corrected chi connectivity index (χ3v) is 3.85. The molecule has 3 aromatic heterocycles. The molecule has 0 unspecified atom stereocenters. The van der Waals surface area contributed by atoms with Gasteiger partial charge in [0.1, 0.15) is 17.4 Å². The molecule has 1 aromatic carbocycles. The molecular formula is C18H13F3N6O. The summed E-state index contributed by atoms with van der Waals surface area (Å²) in [5.74, 6) is 0.326. The molecule has 0 aliphatic heterocycles. The number of halogens is 3. The van der Waals surface area contributed by atoms with E-state index in [0.29, 0.717) is 23.7 Å². The molecule has 142 valence electrons. The van der Waals surface area contributed by atoms with Gasteiger partial charge in [0.15, 0.2) is 11.5 Å². The van der Waals surface area contributed by atoms with Gasteiger partial charge in [-0.2, -0.15) is 13.3 Å². The van der Waals surface area contributed by atoms with Crippen molar-refractivity contribution >= 4 is 11.5 Å². The van der Waals surface area contributed by atoms with Gasteiger partial charge in [0.05, 0.1) is 24.0 Å². The Kier molecular flexibility index (Phi) is 4.75. The van der Waals surface area contributed by atoms with Crippen molar-refractivity contribution in [3.63, 3.8) is 0 Å². The maximum atomic E-state index is 14.1. The number of pyridine rings is 1. The largest absolute Gasteiger partial charge is 0.433 e.